The molecule has 0 aromatic carbocycles. The van der Waals surface area contributed by atoms with E-state index >= 15 is 0 Å². The Morgan fingerprint density at radius 1 is 0.889 bits per heavy atom. The summed E-state index contributed by atoms with van der Waals surface area (Å²) in [6, 6.07) is 0. The molecular weight excluding hydrogens is 340 g/mol. The third-order valence-electron chi connectivity index (χ3n) is 5.76. The Balaban J connectivity index is 2.15. The Bertz CT molecular complexity index is 383. The summed E-state index contributed by atoms with van der Waals surface area (Å²) in [5.41, 5.74) is 0. The number of unbranched alkanes of at least 4 members (excludes halogenated alkanes) is 11. The Hall–Kier alpha value is -1.06. The van der Waals surface area contributed by atoms with Gasteiger partial charge in [-0.2, -0.15) is 0 Å². The summed E-state index contributed by atoms with van der Waals surface area (Å²) in [6.07, 6.45) is 18.6. The smallest absolute Gasteiger partial charge is 0.313 e. The highest BCUT2D eigenvalue weighted by molar-refractivity contribution is 5.78. The molecule has 4 nitrogen and oxygen atoms in total. The van der Waals surface area contributed by atoms with Crippen LogP contribution in [0.2, 0.25) is 0 Å². The van der Waals surface area contributed by atoms with Crippen LogP contribution in [0.4, 0.5) is 0 Å². The van der Waals surface area contributed by atoms with E-state index in [0.717, 1.165) is 25.7 Å². The van der Waals surface area contributed by atoms with E-state index in [4.69, 9.17) is 9.47 Å². The van der Waals surface area contributed by atoms with Crippen molar-refractivity contribution in [2.24, 2.45) is 5.92 Å². The summed E-state index contributed by atoms with van der Waals surface area (Å²) >= 11 is 0. The van der Waals surface area contributed by atoms with Crippen molar-refractivity contribution in [3.05, 3.63) is 0 Å². The first-order chi connectivity index (χ1) is 13.2. The number of esters is 1. The summed E-state index contributed by atoms with van der Waals surface area (Å²) in [6.45, 7) is 4.99. The van der Waals surface area contributed by atoms with Crippen LogP contribution in [0.5, 0.6) is 0 Å². The van der Waals surface area contributed by atoms with Crippen molar-refractivity contribution in [3.63, 3.8) is 0 Å². The third-order valence-corrected chi connectivity index (χ3v) is 5.76. The van der Waals surface area contributed by atoms with Crippen LogP contribution in [0.1, 0.15) is 117 Å². The van der Waals surface area contributed by atoms with Crippen LogP contribution in [-0.4, -0.2) is 24.6 Å². The first kappa shape index (κ1) is 24.0. The summed E-state index contributed by atoms with van der Waals surface area (Å²) in [5.74, 6) is -0.0489. The van der Waals surface area contributed by atoms with Gasteiger partial charge in [0.25, 0.3) is 6.47 Å². The molecule has 0 spiro atoms. The largest absolute Gasteiger partial charge is 0.464 e. The highest BCUT2D eigenvalue weighted by Crippen LogP contribution is 2.32. The SMILES string of the molecule is CCCCCCCCCCCC(C[C@@H]1OC(=O)[C@H]1CCCCCC)OC=O. The number of cyclic esters (lactones) is 1. The summed E-state index contributed by atoms with van der Waals surface area (Å²) < 4.78 is 10.6. The van der Waals surface area contributed by atoms with Crippen molar-refractivity contribution >= 4 is 12.4 Å². The van der Waals surface area contributed by atoms with E-state index in [1.807, 2.05) is 0 Å². The lowest BCUT2D eigenvalue weighted by molar-refractivity contribution is -0.189. The summed E-state index contributed by atoms with van der Waals surface area (Å²) in [7, 11) is 0. The second-order valence-electron chi connectivity index (χ2n) is 8.14. The van der Waals surface area contributed by atoms with E-state index in [-0.39, 0.29) is 24.1 Å². The molecule has 0 amide bonds. The molecule has 3 atom stereocenters. The standard InChI is InChI=1S/C23H42O4/c1-3-5-7-9-10-11-12-13-14-16-20(26-19-24)18-22-21(23(25)27-22)17-15-8-6-4-2/h19-22H,3-18H2,1-2H3/t20?,21-,22-/m0/s1. The maximum atomic E-state index is 11.7. The molecule has 0 saturated carbocycles. The van der Waals surface area contributed by atoms with Gasteiger partial charge in [-0.15, -0.1) is 0 Å². The Morgan fingerprint density at radius 3 is 2.00 bits per heavy atom. The van der Waals surface area contributed by atoms with Crippen LogP contribution in [0.15, 0.2) is 0 Å². The van der Waals surface area contributed by atoms with Crippen molar-refractivity contribution in [3.8, 4) is 0 Å². The quantitative estimate of drug-likeness (QED) is 0.148. The number of hydrogen-bond donors (Lipinski definition) is 0. The number of hydrogen-bond acceptors (Lipinski definition) is 4. The van der Waals surface area contributed by atoms with Gasteiger partial charge in [-0.25, -0.2) is 0 Å². The lowest BCUT2D eigenvalue weighted by Gasteiger charge is -2.37. The maximum Gasteiger partial charge on any atom is 0.313 e. The fourth-order valence-corrected chi connectivity index (χ4v) is 3.97. The van der Waals surface area contributed by atoms with Crippen molar-refractivity contribution in [1.82, 2.24) is 0 Å². The normalized spacial score (nSPS) is 20.0. The van der Waals surface area contributed by atoms with Crippen molar-refractivity contribution in [1.29, 1.82) is 0 Å². The molecule has 1 aliphatic heterocycles. The summed E-state index contributed by atoms with van der Waals surface area (Å²) in [5, 5.41) is 0. The van der Waals surface area contributed by atoms with Crippen molar-refractivity contribution in [2.45, 2.75) is 129 Å². The molecule has 27 heavy (non-hydrogen) atoms. The minimum atomic E-state index is -0.108. The molecule has 4 heteroatoms. The molecule has 0 N–H and O–H groups in total. The first-order valence-electron chi connectivity index (χ1n) is 11.5. The maximum absolute atomic E-state index is 11.7. The van der Waals surface area contributed by atoms with E-state index in [1.54, 1.807) is 0 Å². The lowest BCUT2D eigenvalue weighted by Crippen LogP contribution is -2.47. The van der Waals surface area contributed by atoms with E-state index in [9.17, 15) is 9.59 Å². The van der Waals surface area contributed by atoms with Crippen LogP contribution in [-0.2, 0) is 19.1 Å². The Kier molecular flexibility index (Phi) is 14.2. The number of rotatable bonds is 19. The molecular formula is C23H42O4. The van der Waals surface area contributed by atoms with E-state index in [0.29, 0.717) is 12.9 Å². The number of ether oxygens (including phenoxy) is 2. The topological polar surface area (TPSA) is 52.6 Å². The van der Waals surface area contributed by atoms with Crippen molar-refractivity contribution < 1.29 is 19.1 Å². The highest BCUT2D eigenvalue weighted by atomic mass is 16.6. The monoisotopic (exact) mass is 382 g/mol. The van der Waals surface area contributed by atoms with Gasteiger partial charge in [0, 0.05) is 6.42 Å². The molecule has 0 aromatic rings. The van der Waals surface area contributed by atoms with Gasteiger partial charge in [-0.1, -0.05) is 90.9 Å². The Morgan fingerprint density at radius 2 is 1.44 bits per heavy atom. The molecule has 0 radical (unpaired) electrons. The Labute approximate surface area is 166 Å². The molecule has 1 heterocycles. The van der Waals surface area contributed by atoms with Crippen LogP contribution >= 0.6 is 0 Å². The van der Waals surface area contributed by atoms with Gasteiger partial charge in [0.15, 0.2) is 0 Å². The fourth-order valence-electron chi connectivity index (χ4n) is 3.97. The zero-order chi connectivity index (χ0) is 19.7. The van der Waals surface area contributed by atoms with Gasteiger partial charge in [-0.3, -0.25) is 9.59 Å². The predicted octanol–water partition coefficient (Wildman–Crippen LogP) is 6.35. The molecule has 0 aromatic heterocycles. The van der Waals surface area contributed by atoms with Gasteiger partial charge in [-0.05, 0) is 19.3 Å². The highest BCUT2D eigenvalue weighted by Gasteiger charge is 2.42. The van der Waals surface area contributed by atoms with Crippen LogP contribution in [0, 0.1) is 5.92 Å². The van der Waals surface area contributed by atoms with Crippen LogP contribution in [0.25, 0.3) is 0 Å². The average Bonchev–Trinajstić information content (AvgIpc) is 2.66. The molecule has 0 aliphatic carbocycles. The molecule has 0 bridgehead atoms. The molecule has 1 unspecified atom stereocenters. The minimum absolute atomic E-state index is 0.0164. The lowest BCUT2D eigenvalue weighted by atomic mass is 9.86. The van der Waals surface area contributed by atoms with Gasteiger partial charge >= 0.3 is 5.97 Å². The average molecular weight is 383 g/mol. The third kappa shape index (κ3) is 10.8. The summed E-state index contributed by atoms with van der Waals surface area (Å²) in [4.78, 5) is 22.6. The fraction of sp³-hybridized carbons (Fsp3) is 0.913. The van der Waals surface area contributed by atoms with Gasteiger partial charge in [0.1, 0.15) is 12.2 Å². The molecule has 1 rings (SSSR count). The van der Waals surface area contributed by atoms with E-state index in [2.05, 4.69) is 13.8 Å². The van der Waals surface area contributed by atoms with Crippen molar-refractivity contribution in [2.75, 3.05) is 0 Å². The first-order valence-corrected chi connectivity index (χ1v) is 11.5. The zero-order valence-corrected chi connectivity index (χ0v) is 17.8. The molecule has 1 fully saturated rings. The number of carbonyl (C=O) groups is 2. The van der Waals surface area contributed by atoms with E-state index < -0.39 is 0 Å². The van der Waals surface area contributed by atoms with Gasteiger partial charge in [0.2, 0.25) is 0 Å². The molecule has 1 aliphatic rings. The van der Waals surface area contributed by atoms with Gasteiger partial charge in [0.05, 0.1) is 5.92 Å². The van der Waals surface area contributed by atoms with E-state index in [1.165, 1.54) is 70.6 Å². The predicted molar refractivity (Wildman–Crippen MR) is 110 cm³/mol. The van der Waals surface area contributed by atoms with Gasteiger partial charge < -0.3 is 9.47 Å². The minimum Gasteiger partial charge on any atom is -0.464 e. The second-order valence-corrected chi connectivity index (χ2v) is 8.14. The number of carbonyl (C=O) groups excluding carboxylic acids is 2. The van der Waals surface area contributed by atoms with Crippen LogP contribution in [0.3, 0.4) is 0 Å². The second kappa shape index (κ2) is 15.9. The zero-order valence-electron chi connectivity index (χ0n) is 17.8. The van der Waals surface area contributed by atoms with Crippen LogP contribution < -0.4 is 0 Å². The molecule has 1 saturated heterocycles. The molecule has 158 valence electrons.